The molecule has 1 N–H and O–H groups in total. The number of hydrogen-bond acceptors (Lipinski definition) is 9. The zero-order chi connectivity index (χ0) is 38.9. The first-order valence-corrected chi connectivity index (χ1v) is 19.1. The average molecular weight is 758 g/mol. The van der Waals surface area contributed by atoms with Crippen LogP contribution in [0.4, 0.5) is 0 Å². The topological polar surface area (TPSA) is 113 Å². The van der Waals surface area contributed by atoms with Crippen LogP contribution in [0.25, 0.3) is 0 Å². The zero-order valence-corrected chi connectivity index (χ0v) is 31.6. The van der Waals surface area contributed by atoms with E-state index < -0.39 is 36.1 Å². The Balaban J connectivity index is 1.35. The molecule has 56 heavy (non-hydrogen) atoms. The van der Waals surface area contributed by atoms with Crippen molar-refractivity contribution in [3.05, 3.63) is 161 Å². The molecule has 1 aliphatic carbocycles. The van der Waals surface area contributed by atoms with Crippen molar-refractivity contribution in [2.75, 3.05) is 19.9 Å². The van der Waals surface area contributed by atoms with Crippen LogP contribution < -0.4 is 14.2 Å². The SMILES string of the molecule is CCN(CC)C(=O)c1c(C2C(=O)[C@H](OCc3ccccc3)[C@H](OCc3ccccc3)[C@@H](OCc3ccccc3)C2O)cc2c(c1OCc1ccccc1)OCO2. The lowest BCUT2D eigenvalue weighted by Crippen LogP contribution is -2.60. The molecule has 5 atom stereocenters. The van der Waals surface area contributed by atoms with E-state index in [0.29, 0.717) is 18.8 Å². The summed E-state index contributed by atoms with van der Waals surface area (Å²) in [4.78, 5) is 31.6. The molecule has 1 saturated carbocycles. The number of ether oxygens (including phenoxy) is 6. The third-order valence-electron chi connectivity index (χ3n) is 10.2. The second kappa shape index (κ2) is 18.4. The molecule has 5 aromatic carbocycles. The van der Waals surface area contributed by atoms with Crippen molar-refractivity contribution < 1.29 is 43.1 Å². The van der Waals surface area contributed by atoms with Crippen molar-refractivity contribution >= 4 is 11.7 Å². The van der Waals surface area contributed by atoms with Gasteiger partial charge in [-0.1, -0.05) is 121 Å². The predicted octanol–water partition coefficient (Wildman–Crippen LogP) is 7.26. The Hall–Kier alpha value is -5.52. The summed E-state index contributed by atoms with van der Waals surface area (Å²) in [6.45, 7) is 4.91. The van der Waals surface area contributed by atoms with Crippen LogP contribution in [0.3, 0.4) is 0 Å². The number of nitrogens with zero attached hydrogens (tertiary/aromatic N) is 1. The standard InChI is InChI=1S/C46H47NO9/c1-3-47(4-2)46(50)38-35(25-36-41(56-30-55-36)42(38)51-26-31-17-9-5-10-18-31)37-39(48)43(52-27-32-19-11-6-12-20-32)45(54-29-34-23-15-8-16-24-34)44(40(37)49)53-28-33-21-13-7-14-22-33/h5-25,37,39,43-45,48H,3-4,26-30H2,1-2H3/t37?,39?,43-,44-,45+/m0/s1. The van der Waals surface area contributed by atoms with Gasteiger partial charge in [0.15, 0.2) is 17.3 Å². The third-order valence-corrected chi connectivity index (χ3v) is 10.2. The maximum absolute atomic E-state index is 15.2. The smallest absolute Gasteiger partial charge is 0.258 e. The summed E-state index contributed by atoms with van der Waals surface area (Å²) in [6.07, 6.45) is -4.78. The molecule has 1 heterocycles. The minimum atomic E-state index is -1.48. The molecular weight excluding hydrogens is 711 g/mol. The van der Waals surface area contributed by atoms with Gasteiger partial charge in [0.05, 0.1) is 37.4 Å². The fourth-order valence-electron chi connectivity index (χ4n) is 7.28. The molecule has 0 spiro atoms. The number of hydrogen-bond donors (Lipinski definition) is 1. The zero-order valence-electron chi connectivity index (χ0n) is 31.6. The Morgan fingerprint density at radius 1 is 0.679 bits per heavy atom. The Bertz CT molecular complexity index is 2040. The van der Waals surface area contributed by atoms with Crippen molar-refractivity contribution in [2.45, 2.75) is 70.6 Å². The van der Waals surface area contributed by atoms with Gasteiger partial charge in [-0.3, -0.25) is 9.59 Å². The molecular formula is C46H47NO9. The lowest BCUT2D eigenvalue weighted by atomic mass is 9.74. The van der Waals surface area contributed by atoms with Crippen molar-refractivity contribution in [3.8, 4) is 17.2 Å². The summed E-state index contributed by atoms with van der Waals surface area (Å²) in [5.41, 5.74) is 3.80. The molecule has 10 heteroatoms. The maximum Gasteiger partial charge on any atom is 0.258 e. The molecule has 1 amide bonds. The average Bonchev–Trinajstić information content (AvgIpc) is 3.72. The fraction of sp³-hybridized carbons (Fsp3) is 0.304. The van der Waals surface area contributed by atoms with Crippen LogP contribution >= 0.6 is 0 Å². The summed E-state index contributed by atoms with van der Waals surface area (Å²) in [6, 6.07) is 39.9. The Morgan fingerprint density at radius 3 is 1.68 bits per heavy atom. The first kappa shape index (κ1) is 38.7. The summed E-state index contributed by atoms with van der Waals surface area (Å²) in [5, 5.41) is 12.6. The Labute approximate surface area is 327 Å². The molecule has 1 fully saturated rings. The summed E-state index contributed by atoms with van der Waals surface area (Å²) >= 11 is 0. The molecule has 2 unspecified atom stereocenters. The number of fused-ring (bicyclic) bond motifs is 1. The van der Waals surface area contributed by atoms with Gasteiger partial charge in [-0.2, -0.15) is 0 Å². The van der Waals surface area contributed by atoms with Gasteiger partial charge in [-0.15, -0.1) is 0 Å². The van der Waals surface area contributed by atoms with E-state index in [0.717, 1.165) is 22.3 Å². The molecule has 2 aliphatic rings. The van der Waals surface area contributed by atoms with Gasteiger partial charge in [-0.05, 0) is 47.7 Å². The quantitative estimate of drug-likeness (QED) is 0.111. The minimum Gasteiger partial charge on any atom is -0.484 e. The monoisotopic (exact) mass is 757 g/mol. The maximum atomic E-state index is 15.2. The van der Waals surface area contributed by atoms with Gasteiger partial charge in [-0.25, -0.2) is 0 Å². The fourth-order valence-corrected chi connectivity index (χ4v) is 7.28. The first-order chi connectivity index (χ1) is 27.5. The highest BCUT2D eigenvalue weighted by Crippen LogP contribution is 2.50. The van der Waals surface area contributed by atoms with E-state index in [1.807, 2.05) is 135 Å². The van der Waals surface area contributed by atoms with Gasteiger partial charge in [0, 0.05) is 13.1 Å². The summed E-state index contributed by atoms with van der Waals surface area (Å²) in [5.74, 6) is -1.45. The van der Waals surface area contributed by atoms with Gasteiger partial charge >= 0.3 is 0 Å². The van der Waals surface area contributed by atoms with Gasteiger partial charge in [0.2, 0.25) is 12.5 Å². The van der Waals surface area contributed by atoms with Gasteiger partial charge in [0.25, 0.3) is 5.91 Å². The highest BCUT2D eigenvalue weighted by atomic mass is 16.7. The number of rotatable bonds is 16. The number of carbonyl (C=O) groups is 2. The van der Waals surface area contributed by atoms with Gasteiger partial charge < -0.3 is 38.4 Å². The third kappa shape index (κ3) is 8.64. The van der Waals surface area contributed by atoms with E-state index in [4.69, 9.17) is 28.4 Å². The Morgan fingerprint density at radius 2 is 1.16 bits per heavy atom. The van der Waals surface area contributed by atoms with Crippen LogP contribution in [0.1, 0.15) is 57.9 Å². The number of aliphatic hydroxyl groups is 1. The largest absolute Gasteiger partial charge is 0.484 e. The van der Waals surface area contributed by atoms with Crippen LogP contribution in [0.15, 0.2) is 127 Å². The normalized spacial score (nSPS) is 20.1. The number of Topliss-reactive ketones (excluding diaryl/α,β-unsaturated/α-hetero) is 1. The van der Waals surface area contributed by atoms with Crippen molar-refractivity contribution in [1.29, 1.82) is 0 Å². The lowest BCUT2D eigenvalue weighted by molar-refractivity contribution is -0.205. The van der Waals surface area contributed by atoms with Crippen molar-refractivity contribution in [1.82, 2.24) is 4.90 Å². The van der Waals surface area contributed by atoms with E-state index in [-0.39, 0.29) is 61.8 Å². The van der Waals surface area contributed by atoms with Crippen LogP contribution in [0, 0.1) is 0 Å². The summed E-state index contributed by atoms with van der Waals surface area (Å²) in [7, 11) is 0. The Kier molecular flexibility index (Phi) is 12.7. The molecule has 0 radical (unpaired) electrons. The highest BCUT2D eigenvalue weighted by molar-refractivity contribution is 6.03. The number of ketones is 1. The van der Waals surface area contributed by atoms with Gasteiger partial charge in [0.1, 0.15) is 24.9 Å². The predicted molar refractivity (Wildman–Crippen MR) is 209 cm³/mol. The molecule has 5 aromatic rings. The first-order valence-electron chi connectivity index (χ1n) is 19.1. The van der Waals surface area contributed by atoms with E-state index in [9.17, 15) is 9.90 Å². The highest BCUT2D eigenvalue weighted by Gasteiger charge is 2.54. The molecule has 0 saturated heterocycles. The molecule has 290 valence electrons. The van der Waals surface area contributed by atoms with Crippen LogP contribution in [0.5, 0.6) is 17.2 Å². The molecule has 0 aromatic heterocycles. The summed E-state index contributed by atoms with van der Waals surface area (Å²) < 4.78 is 38.0. The number of amides is 1. The second-order valence-electron chi connectivity index (χ2n) is 13.8. The van der Waals surface area contributed by atoms with E-state index in [2.05, 4.69) is 0 Å². The molecule has 7 rings (SSSR count). The van der Waals surface area contributed by atoms with E-state index >= 15 is 4.79 Å². The van der Waals surface area contributed by atoms with Crippen molar-refractivity contribution in [3.63, 3.8) is 0 Å². The van der Waals surface area contributed by atoms with Crippen LogP contribution in [-0.4, -0.2) is 66.0 Å². The minimum absolute atomic E-state index is 0.0917. The molecule has 1 aliphatic heterocycles. The lowest BCUT2D eigenvalue weighted by Gasteiger charge is -2.44. The molecule has 0 bridgehead atoms. The van der Waals surface area contributed by atoms with E-state index in [1.54, 1.807) is 11.0 Å². The number of carbonyl (C=O) groups excluding carboxylic acids is 2. The number of aliphatic hydroxyl groups excluding tert-OH is 1. The number of benzene rings is 5. The van der Waals surface area contributed by atoms with E-state index in [1.165, 1.54) is 0 Å². The van der Waals surface area contributed by atoms with Crippen molar-refractivity contribution in [2.24, 2.45) is 0 Å². The van der Waals surface area contributed by atoms with Crippen LogP contribution in [0.2, 0.25) is 0 Å². The second-order valence-corrected chi connectivity index (χ2v) is 13.8. The molecule has 10 nitrogen and oxygen atoms in total. The van der Waals surface area contributed by atoms with Crippen LogP contribution in [-0.2, 0) is 45.4 Å².